The van der Waals surface area contributed by atoms with E-state index in [4.69, 9.17) is 18.9 Å². The Morgan fingerprint density at radius 3 is 1.84 bits per heavy atom. The number of carbonyl (C=O) groups excluding carboxylic acids is 2. The molecule has 2 heterocycles. The second-order valence-electron chi connectivity index (χ2n) is 9.75. The lowest BCUT2D eigenvalue weighted by Crippen LogP contribution is -2.36. The summed E-state index contributed by atoms with van der Waals surface area (Å²) in [7, 11) is 0. The molecule has 0 saturated carbocycles. The van der Waals surface area contributed by atoms with Gasteiger partial charge in [0.2, 0.25) is 6.79 Å². The summed E-state index contributed by atoms with van der Waals surface area (Å²) in [6.45, 7) is 14.6. The van der Waals surface area contributed by atoms with Crippen molar-refractivity contribution < 1.29 is 28.5 Å². The standard InChI is InChI=1S/C24H31NO6/c1-13-18(21(26)30-23(3,4)5)20(15-9-10-16-17(11-15)29-12-28-16)19(14(2)25-13)22(27)31-24(6,7)8/h9-11,20,25H,12H2,1-8H3. The average Bonchev–Trinajstić information content (AvgIpc) is 3.05. The topological polar surface area (TPSA) is 83.1 Å². The summed E-state index contributed by atoms with van der Waals surface area (Å²) in [6, 6.07) is 5.41. The van der Waals surface area contributed by atoms with E-state index in [2.05, 4.69) is 5.32 Å². The molecule has 0 atom stereocenters. The molecule has 168 valence electrons. The fraction of sp³-hybridized carbons (Fsp3) is 0.500. The van der Waals surface area contributed by atoms with E-state index in [-0.39, 0.29) is 6.79 Å². The lowest BCUT2D eigenvalue weighted by atomic mass is 9.80. The van der Waals surface area contributed by atoms with Crippen LogP contribution in [0.25, 0.3) is 0 Å². The third-order valence-corrected chi connectivity index (χ3v) is 4.73. The average molecular weight is 430 g/mol. The largest absolute Gasteiger partial charge is 0.457 e. The number of rotatable bonds is 3. The van der Waals surface area contributed by atoms with Gasteiger partial charge in [0.05, 0.1) is 17.1 Å². The first-order valence-corrected chi connectivity index (χ1v) is 10.3. The van der Waals surface area contributed by atoms with E-state index in [1.54, 1.807) is 26.0 Å². The van der Waals surface area contributed by atoms with Crippen LogP contribution < -0.4 is 14.8 Å². The fourth-order valence-corrected chi connectivity index (χ4v) is 3.63. The molecule has 0 spiro atoms. The molecule has 1 aromatic carbocycles. The second kappa shape index (κ2) is 7.94. The van der Waals surface area contributed by atoms with Crippen molar-refractivity contribution in [2.45, 2.75) is 72.5 Å². The zero-order valence-electron chi connectivity index (χ0n) is 19.5. The minimum Gasteiger partial charge on any atom is -0.457 e. The zero-order chi connectivity index (χ0) is 23.1. The molecule has 0 amide bonds. The fourth-order valence-electron chi connectivity index (χ4n) is 3.63. The van der Waals surface area contributed by atoms with Crippen molar-refractivity contribution >= 4 is 11.9 Å². The Balaban J connectivity index is 2.14. The SMILES string of the molecule is CC1=C(C(=O)OC(C)(C)C)C(c2ccc3c(c2)OCO3)C(C(=O)OC(C)(C)C)=C(C)N1. The van der Waals surface area contributed by atoms with Crippen molar-refractivity contribution in [1.29, 1.82) is 0 Å². The van der Waals surface area contributed by atoms with Gasteiger partial charge in [-0.3, -0.25) is 0 Å². The molecule has 0 aliphatic carbocycles. The van der Waals surface area contributed by atoms with Gasteiger partial charge in [-0.1, -0.05) is 6.07 Å². The van der Waals surface area contributed by atoms with Crippen LogP contribution in [0.3, 0.4) is 0 Å². The molecule has 0 saturated heterocycles. The molecule has 3 rings (SSSR count). The van der Waals surface area contributed by atoms with E-state index in [1.165, 1.54) is 0 Å². The van der Waals surface area contributed by atoms with Crippen LogP contribution in [-0.2, 0) is 19.1 Å². The van der Waals surface area contributed by atoms with Crippen molar-refractivity contribution in [3.8, 4) is 11.5 Å². The highest BCUT2D eigenvalue weighted by Crippen LogP contribution is 2.43. The van der Waals surface area contributed by atoms with Crippen molar-refractivity contribution in [2.24, 2.45) is 0 Å². The molecule has 0 bridgehead atoms. The number of nitrogens with one attached hydrogen (secondary N) is 1. The maximum Gasteiger partial charge on any atom is 0.337 e. The molecule has 1 aromatic rings. The number of fused-ring (bicyclic) bond motifs is 1. The van der Waals surface area contributed by atoms with E-state index in [0.29, 0.717) is 39.6 Å². The number of dihydropyridines is 1. The van der Waals surface area contributed by atoms with E-state index >= 15 is 0 Å². The minimum atomic E-state index is -0.688. The maximum atomic E-state index is 13.3. The first-order valence-electron chi connectivity index (χ1n) is 10.3. The van der Waals surface area contributed by atoms with E-state index < -0.39 is 29.1 Å². The molecule has 0 unspecified atom stereocenters. The molecule has 0 aromatic heterocycles. The Kier molecular flexibility index (Phi) is 5.82. The summed E-state index contributed by atoms with van der Waals surface area (Å²) in [5.41, 5.74) is 1.31. The maximum absolute atomic E-state index is 13.3. The van der Waals surface area contributed by atoms with Gasteiger partial charge >= 0.3 is 11.9 Å². The van der Waals surface area contributed by atoms with Gasteiger partial charge in [-0.2, -0.15) is 0 Å². The molecule has 0 fully saturated rings. The summed E-state index contributed by atoms with van der Waals surface area (Å²) >= 11 is 0. The Labute approximate surface area is 183 Å². The quantitative estimate of drug-likeness (QED) is 0.716. The first kappa shape index (κ1) is 22.7. The van der Waals surface area contributed by atoms with Crippen molar-refractivity contribution in [1.82, 2.24) is 5.32 Å². The molecule has 1 N–H and O–H groups in total. The van der Waals surface area contributed by atoms with Gasteiger partial charge in [0.1, 0.15) is 11.2 Å². The Hall–Kier alpha value is -2.96. The van der Waals surface area contributed by atoms with Crippen LogP contribution in [-0.4, -0.2) is 29.9 Å². The molecule has 2 aliphatic heterocycles. The number of carbonyl (C=O) groups is 2. The van der Waals surface area contributed by atoms with Gasteiger partial charge in [-0.15, -0.1) is 0 Å². The minimum absolute atomic E-state index is 0.132. The monoisotopic (exact) mass is 429 g/mol. The highest BCUT2D eigenvalue weighted by atomic mass is 16.7. The number of allylic oxidation sites excluding steroid dienone is 2. The number of hydrogen-bond donors (Lipinski definition) is 1. The molecule has 2 aliphatic rings. The smallest absolute Gasteiger partial charge is 0.337 e. The van der Waals surface area contributed by atoms with E-state index in [1.807, 2.05) is 47.6 Å². The Bertz CT molecular complexity index is 925. The highest BCUT2D eigenvalue weighted by molar-refractivity contribution is 6.00. The van der Waals surface area contributed by atoms with Crippen molar-refractivity contribution in [3.05, 3.63) is 46.3 Å². The first-order chi connectivity index (χ1) is 14.3. The van der Waals surface area contributed by atoms with Crippen molar-refractivity contribution in [2.75, 3.05) is 6.79 Å². The summed E-state index contributed by atoms with van der Waals surface area (Å²) in [4.78, 5) is 26.5. The van der Waals surface area contributed by atoms with Gasteiger partial charge in [-0.25, -0.2) is 9.59 Å². The molecule has 7 heteroatoms. The molecular formula is C24H31NO6. The lowest BCUT2D eigenvalue weighted by molar-refractivity contribution is -0.150. The number of esters is 2. The third-order valence-electron chi connectivity index (χ3n) is 4.73. The van der Waals surface area contributed by atoms with Gasteiger partial charge in [0.15, 0.2) is 11.5 Å². The zero-order valence-corrected chi connectivity index (χ0v) is 19.5. The summed E-state index contributed by atoms with van der Waals surface area (Å²) in [5.74, 6) is -0.474. The third kappa shape index (κ3) is 5.03. The van der Waals surface area contributed by atoms with Gasteiger partial charge in [-0.05, 0) is 73.1 Å². The summed E-state index contributed by atoms with van der Waals surface area (Å²) in [6.07, 6.45) is 0. The van der Waals surface area contributed by atoms with E-state index in [9.17, 15) is 9.59 Å². The van der Waals surface area contributed by atoms with Crippen LogP contribution in [0.2, 0.25) is 0 Å². The second-order valence-corrected chi connectivity index (χ2v) is 9.75. The number of benzene rings is 1. The summed E-state index contributed by atoms with van der Waals surface area (Å²) < 4.78 is 22.3. The van der Waals surface area contributed by atoms with Crippen LogP contribution in [0, 0.1) is 0 Å². The van der Waals surface area contributed by atoms with Crippen LogP contribution in [0.5, 0.6) is 11.5 Å². The summed E-state index contributed by atoms with van der Waals surface area (Å²) in [5, 5.41) is 3.17. The van der Waals surface area contributed by atoms with Gasteiger partial charge in [0.25, 0.3) is 0 Å². The molecule has 0 radical (unpaired) electrons. The predicted molar refractivity (Wildman–Crippen MR) is 116 cm³/mol. The highest BCUT2D eigenvalue weighted by Gasteiger charge is 2.40. The van der Waals surface area contributed by atoms with Crippen LogP contribution in [0.15, 0.2) is 40.7 Å². The molecular weight excluding hydrogens is 398 g/mol. The van der Waals surface area contributed by atoms with Crippen molar-refractivity contribution in [3.63, 3.8) is 0 Å². The normalized spacial score (nSPS) is 16.9. The van der Waals surface area contributed by atoms with Crippen LogP contribution >= 0.6 is 0 Å². The number of ether oxygens (including phenoxy) is 4. The van der Waals surface area contributed by atoms with Gasteiger partial charge < -0.3 is 24.3 Å². The van der Waals surface area contributed by atoms with Crippen LogP contribution in [0.1, 0.15) is 66.9 Å². The predicted octanol–water partition coefficient (Wildman–Crippen LogP) is 4.33. The van der Waals surface area contributed by atoms with E-state index in [0.717, 1.165) is 0 Å². The van der Waals surface area contributed by atoms with Gasteiger partial charge in [0, 0.05) is 11.4 Å². The lowest BCUT2D eigenvalue weighted by Gasteiger charge is -2.33. The Morgan fingerprint density at radius 1 is 0.871 bits per heavy atom. The molecule has 7 nitrogen and oxygen atoms in total. The van der Waals surface area contributed by atoms with Crippen LogP contribution in [0.4, 0.5) is 0 Å². The molecule has 31 heavy (non-hydrogen) atoms. The number of hydrogen-bond acceptors (Lipinski definition) is 7. The Morgan fingerprint density at radius 2 is 1.35 bits per heavy atom.